The van der Waals surface area contributed by atoms with Gasteiger partial charge in [-0.15, -0.1) is 0 Å². The third-order valence-electron chi connectivity index (χ3n) is 5.57. The fourth-order valence-electron chi connectivity index (χ4n) is 3.59. The molecule has 1 aliphatic heterocycles. The Morgan fingerprint density at radius 3 is 2.57 bits per heavy atom. The molecule has 0 saturated carbocycles. The largest absolute Gasteiger partial charge is 0.464 e. The number of esters is 1. The second kappa shape index (κ2) is 11.7. The van der Waals surface area contributed by atoms with E-state index < -0.39 is 61.6 Å². The monoisotopic (exact) mass is 540 g/mol. The maximum Gasteiger partial charge on any atom is 0.459 e. The number of nitrogens with one attached hydrogen (secondary N) is 2. The third-order valence-corrected chi connectivity index (χ3v) is 7.21. The molecule has 0 spiro atoms. The van der Waals surface area contributed by atoms with Crippen molar-refractivity contribution in [2.24, 2.45) is 11.7 Å². The molecule has 37 heavy (non-hydrogen) atoms. The molecule has 204 valence electrons. The molecule has 6 unspecified atom stereocenters. The van der Waals surface area contributed by atoms with E-state index in [1.807, 2.05) is 13.8 Å². The van der Waals surface area contributed by atoms with E-state index in [1.54, 1.807) is 30.3 Å². The molecule has 0 bridgehead atoms. The number of aromatic nitrogens is 2. The van der Waals surface area contributed by atoms with Crippen molar-refractivity contribution in [3.05, 3.63) is 63.4 Å². The molecule has 5 N–H and O–H groups in total. The first kappa shape index (κ1) is 28.8. The number of para-hydroxylation sites is 1. The molecule has 13 nitrogen and oxygen atoms in total. The van der Waals surface area contributed by atoms with Gasteiger partial charge in [0.2, 0.25) is 0 Å². The number of hydrogen-bond acceptors (Lipinski definition) is 10. The van der Waals surface area contributed by atoms with Crippen molar-refractivity contribution in [2.45, 2.75) is 57.7 Å². The van der Waals surface area contributed by atoms with Gasteiger partial charge in [0.15, 0.2) is 6.23 Å². The van der Waals surface area contributed by atoms with Gasteiger partial charge in [0, 0.05) is 12.3 Å². The molecule has 1 aromatic carbocycles. The third kappa shape index (κ3) is 7.16. The number of carbonyl (C=O) groups is 1. The first-order valence-electron chi connectivity index (χ1n) is 11.7. The second-order valence-electron chi connectivity index (χ2n) is 9.43. The molecule has 0 radical (unpaired) electrons. The zero-order chi connectivity index (χ0) is 27.4. The number of aliphatic hydroxyl groups excluding tert-OH is 1. The van der Waals surface area contributed by atoms with E-state index in [9.17, 15) is 24.1 Å². The van der Waals surface area contributed by atoms with Crippen LogP contribution in [0.2, 0.25) is 0 Å². The summed E-state index contributed by atoms with van der Waals surface area (Å²) in [7, 11) is -4.23. The standard InChI is InChI=1S/C23H33N4O9P/c1-14(2)12-33-20(30)15(3)26-37(32,36-16-8-6-5-7-9-16)34-13-17-19(29)23(4,24)21(35-17)27-11-10-18(28)25-22(27)31/h5-11,14-15,17,19,21,29H,12-13,24H2,1-4H3,(H,26,32)(H,25,28,31). The van der Waals surface area contributed by atoms with Crippen molar-refractivity contribution in [3.8, 4) is 5.75 Å². The number of carbonyl (C=O) groups excluding carboxylic acids is 1. The molecule has 1 fully saturated rings. The number of aromatic amines is 1. The van der Waals surface area contributed by atoms with Crippen LogP contribution >= 0.6 is 7.75 Å². The lowest BCUT2D eigenvalue weighted by Gasteiger charge is -2.28. The Hall–Kier alpha value is -2.80. The lowest BCUT2D eigenvalue weighted by Crippen LogP contribution is -2.53. The molecule has 1 saturated heterocycles. The average Bonchev–Trinajstić information content (AvgIpc) is 3.05. The van der Waals surface area contributed by atoms with E-state index in [-0.39, 0.29) is 18.3 Å². The molecule has 1 aliphatic rings. The van der Waals surface area contributed by atoms with Gasteiger partial charge >= 0.3 is 19.4 Å². The average molecular weight is 541 g/mol. The summed E-state index contributed by atoms with van der Waals surface area (Å²) < 4.78 is 36.9. The SMILES string of the molecule is CC(C)COC(=O)C(C)NP(=O)(OCC1OC(n2ccc(=O)[nH]c2=O)C(C)(N)C1O)Oc1ccccc1. The predicted molar refractivity (Wildman–Crippen MR) is 133 cm³/mol. The van der Waals surface area contributed by atoms with Crippen LogP contribution in [0.25, 0.3) is 0 Å². The van der Waals surface area contributed by atoms with E-state index in [4.69, 9.17) is 24.3 Å². The van der Waals surface area contributed by atoms with Crippen LogP contribution < -0.4 is 26.6 Å². The number of nitrogens with zero attached hydrogens (tertiary/aromatic N) is 1. The van der Waals surface area contributed by atoms with Crippen LogP contribution in [0.3, 0.4) is 0 Å². The highest BCUT2D eigenvalue weighted by Crippen LogP contribution is 2.46. The Kier molecular flexibility index (Phi) is 9.11. The molecule has 1 aromatic heterocycles. The highest BCUT2D eigenvalue weighted by molar-refractivity contribution is 7.52. The van der Waals surface area contributed by atoms with Crippen molar-refractivity contribution in [2.75, 3.05) is 13.2 Å². The molecule has 2 aromatic rings. The van der Waals surface area contributed by atoms with Crippen molar-refractivity contribution >= 4 is 13.7 Å². The number of benzene rings is 1. The van der Waals surface area contributed by atoms with Gasteiger partial charge in [-0.05, 0) is 31.9 Å². The summed E-state index contributed by atoms with van der Waals surface area (Å²) in [5.41, 5.74) is 3.40. The van der Waals surface area contributed by atoms with Crippen molar-refractivity contribution in [3.63, 3.8) is 0 Å². The molecule has 0 amide bonds. The Bertz CT molecular complexity index is 1230. The number of rotatable bonds is 11. The van der Waals surface area contributed by atoms with Crippen LogP contribution in [0, 0.1) is 5.92 Å². The summed E-state index contributed by atoms with van der Waals surface area (Å²) in [4.78, 5) is 38.2. The van der Waals surface area contributed by atoms with Gasteiger partial charge < -0.3 is 24.8 Å². The van der Waals surface area contributed by atoms with Crippen LogP contribution in [-0.2, 0) is 23.4 Å². The first-order valence-corrected chi connectivity index (χ1v) is 13.2. The van der Waals surface area contributed by atoms with E-state index in [0.29, 0.717) is 0 Å². The summed E-state index contributed by atoms with van der Waals surface area (Å²) in [6, 6.07) is 8.22. The van der Waals surface area contributed by atoms with Crippen LogP contribution in [0.5, 0.6) is 5.75 Å². The summed E-state index contributed by atoms with van der Waals surface area (Å²) >= 11 is 0. The molecule has 3 rings (SSSR count). The number of H-pyrrole nitrogens is 1. The van der Waals surface area contributed by atoms with E-state index >= 15 is 0 Å². The fraction of sp³-hybridized carbons (Fsp3) is 0.522. The number of hydrogen-bond donors (Lipinski definition) is 4. The molecular formula is C23H33N4O9P. The summed E-state index contributed by atoms with van der Waals surface area (Å²) in [5, 5.41) is 13.4. The number of nitrogens with two attached hydrogens (primary N) is 1. The minimum Gasteiger partial charge on any atom is -0.464 e. The van der Waals surface area contributed by atoms with Crippen molar-refractivity contribution in [1.29, 1.82) is 0 Å². The maximum atomic E-state index is 13.7. The van der Waals surface area contributed by atoms with Crippen LogP contribution in [0.1, 0.15) is 33.9 Å². The summed E-state index contributed by atoms with van der Waals surface area (Å²) in [6.45, 7) is 6.37. The lowest BCUT2D eigenvalue weighted by molar-refractivity contribution is -0.146. The van der Waals surface area contributed by atoms with Gasteiger partial charge in [0.05, 0.1) is 18.8 Å². The predicted octanol–water partition coefficient (Wildman–Crippen LogP) is 0.893. The summed E-state index contributed by atoms with van der Waals surface area (Å²) in [5.74, 6) is -0.345. The van der Waals surface area contributed by atoms with Crippen LogP contribution in [0.4, 0.5) is 0 Å². The van der Waals surface area contributed by atoms with E-state index in [0.717, 1.165) is 10.6 Å². The zero-order valence-electron chi connectivity index (χ0n) is 21.0. The maximum absolute atomic E-state index is 13.7. The Labute approximate surface area is 213 Å². The Morgan fingerprint density at radius 1 is 1.27 bits per heavy atom. The fourth-order valence-corrected chi connectivity index (χ4v) is 5.09. The lowest BCUT2D eigenvalue weighted by atomic mass is 9.93. The first-order chi connectivity index (χ1) is 17.3. The van der Waals surface area contributed by atoms with Gasteiger partial charge in [-0.25, -0.2) is 9.36 Å². The highest BCUT2D eigenvalue weighted by atomic mass is 31.2. The van der Waals surface area contributed by atoms with E-state index in [2.05, 4.69) is 10.1 Å². The molecule has 6 atom stereocenters. The smallest absolute Gasteiger partial charge is 0.459 e. The van der Waals surface area contributed by atoms with Gasteiger partial charge in [-0.2, -0.15) is 5.09 Å². The topological polar surface area (TPSA) is 184 Å². The second-order valence-corrected chi connectivity index (χ2v) is 11.1. The number of ether oxygens (including phenoxy) is 2. The van der Waals surface area contributed by atoms with E-state index in [1.165, 1.54) is 20.0 Å². The number of aliphatic hydroxyl groups is 1. The van der Waals surface area contributed by atoms with Gasteiger partial charge in [-0.1, -0.05) is 32.0 Å². The molecule has 2 heterocycles. The van der Waals surface area contributed by atoms with Crippen molar-refractivity contribution < 1.29 is 33.0 Å². The molecular weight excluding hydrogens is 507 g/mol. The molecule has 0 aliphatic carbocycles. The van der Waals surface area contributed by atoms with Gasteiger partial charge in [-0.3, -0.25) is 23.7 Å². The van der Waals surface area contributed by atoms with Gasteiger partial charge in [0.1, 0.15) is 24.0 Å². The quantitative estimate of drug-likeness (QED) is 0.234. The van der Waals surface area contributed by atoms with Crippen LogP contribution in [-0.4, -0.2) is 57.6 Å². The minimum atomic E-state index is -4.23. The normalized spacial score (nSPS) is 26.0. The Morgan fingerprint density at radius 2 is 1.95 bits per heavy atom. The van der Waals surface area contributed by atoms with Gasteiger partial charge in [0.25, 0.3) is 5.56 Å². The molecule has 14 heteroatoms. The summed E-state index contributed by atoms with van der Waals surface area (Å²) in [6.07, 6.45) is -2.48. The minimum absolute atomic E-state index is 0.106. The van der Waals surface area contributed by atoms with Crippen molar-refractivity contribution in [1.82, 2.24) is 14.6 Å². The van der Waals surface area contributed by atoms with Crippen LogP contribution in [0.15, 0.2) is 52.2 Å². The Balaban J connectivity index is 1.78. The zero-order valence-corrected chi connectivity index (χ0v) is 21.9. The highest BCUT2D eigenvalue weighted by Gasteiger charge is 2.52.